The van der Waals surface area contributed by atoms with Crippen LogP contribution < -0.4 is 0 Å². The average Bonchev–Trinajstić information content (AvgIpc) is 3.06. The molecule has 0 aliphatic heterocycles. The zero-order chi connectivity index (χ0) is 21.8. The number of esters is 1. The van der Waals surface area contributed by atoms with Crippen molar-refractivity contribution in [2.75, 3.05) is 7.11 Å². The summed E-state index contributed by atoms with van der Waals surface area (Å²) in [6.45, 7) is 6.50. The van der Waals surface area contributed by atoms with E-state index in [9.17, 15) is 19.2 Å². The second-order valence-corrected chi connectivity index (χ2v) is 11.0. The fraction of sp³-hybridized carbons (Fsp3) is 0.840. The molecule has 0 heterocycles. The first-order chi connectivity index (χ1) is 14.1. The predicted octanol–water partition coefficient (Wildman–Crippen LogP) is 4.16. The maximum atomic E-state index is 13.7. The zero-order valence-electron chi connectivity index (χ0n) is 18.9. The Morgan fingerprint density at radius 2 is 1.83 bits per heavy atom. The van der Waals surface area contributed by atoms with Gasteiger partial charge in [-0.05, 0) is 60.7 Å². The zero-order valence-corrected chi connectivity index (χ0v) is 18.9. The highest BCUT2D eigenvalue weighted by Crippen LogP contribution is 2.66. The highest BCUT2D eigenvalue weighted by Gasteiger charge is 2.66. The van der Waals surface area contributed by atoms with Gasteiger partial charge in [-0.25, -0.2) is 0 Å². The quantitative estimate of drug-likeness (QED) is 0.643. The number of ether oxygens (including phenoxy) is 1. The van der Waals surface area contributed by atoms with Crippen LogP contribution in [0.4, 0.5) is 0 Å². The first kappa shape index (κ1) is 21.7. The van der Waals surface area contributed by atoms with Gasteiger partial charge in [0.05, 0.1) is 7.11 Å². The minimum absolute atomic E-state index is 0.0417. The standard InChI is InChI=1S/C25H36O5/c1-14(5-8-22(29)30-4)17-6-7-18-23-19(13-21(28)25(17,18)3)24(2)10-9-16(26)11-15(24)12-20(23)27/h14-15,17-19,23H,5-13H2,1-4H3/t14-,15?,17-,18+,19+,23?,24+,25-/m1/s1. The van der Waals surface area contributed by atoms with E-state index >= 15 is 0 Å². The smallest absolute Gasteiger partial charge is 0.305 e. The van der Waals surface area contributed by atoms with Crippen LogP contribution in [0.15, 0.2) is 0 Å². The van der Waals surface area contributed by atoms with Crippen molar-refractivity contribution in [3.63, 3.8) is 0 Å². The molecule has 0 N–H and O–H groups in total. The van der Waals surface area contributed by atoms with Crippen molar-refractivity contribution < 1.29 is 23.9 Å². The van der Waals surface area contributed by atoms with Gasteiger partial charge in [-0.3, -0.25) is 19.2 Å². The monoisotopic (exact) mass is 416 g/mol. The Balaban J connectivity index is 1.60. The van der Waals surface area contributed by atoms with E-state index in [1.165, 1.54) is 7.11 Å². The molecule has 0 aromatic carbocycles. The third-order valence-corrected chi connectivity index (χ3v) is 9.94. The van der Waals surface area contributed by atoms with E-state index in [0.717, 1.165) is 25.7 Å². The summed E-state index contributed by atoms with van der Waals surface area (Å²) >= 11 is 0. The summed E-state index contributed by atoms with van der Waals surface area (Å²) in [6, 6.07) is 0. The van der Waals surface area contributed by atoms with Gasteiger partial charge in [-0.1, -0.05) is 20.8 Å². The van der Waals surface area contributed by atoms with Crippen molar-refractivity contribution in [1.82, 2.24) is 0 Å². The molecule has 166 valence electrons. The van der Waals surface area contributed by atoms with Gasteiger partial charge in [0.1, 0.15) is 17.3 Å². The number of rotatable bonds is 4. The Hall–Kier alpha value is -1.52. The Morgan fingerprint density at radius 1 is 1.10 bits per heavy atom. The molecular formula is C25H36O5. The molecule has 4 aliphatic carbocycles. The van der Waals surface area contributed by atoms with Crippen molar-refractivity contribution in [2.24, 2.45) is 46.3 Å². The third-order valence-electron chi connectivity index (χ3n) is 9.94. The molecule has 4 rings (SSSR count). The first-order valence-corrected chi connectivity index (χ1v) is 11.8. The fourth-order valence-electron chi connectivity index (χ4n) is 8.04. The van der Waals surface area contributed by atoms with Crippen LogP contribution in [0.3, 0.4) is 0 Å². The summed E-state index contributed by atoms with van der Waals surface area (Å²) in [5, 5.41) is 0. The number of methoxy groups -OCH3 is 1. The van der Waals surface area contributed by atoms with Gasteiger partial charge in [0, 0.05) is 43.4 Å². The van der Waals surface area contributed by atoms with E-state index in [0.29, 0.717) is 43.7 Å². The molecule has 0 bridgehead atoms. The molecule has 4 aliphatic rings. The van der Waals surface area contributed by atoms with Crippen LogP contribution >= 0.6 is 0 Å². The largest absolute Gasteiger partial charge is 0.469 e. The number of ketones is 3. The summed E-state index contributed by atoms with van der Waals surface area (Å²) in [5.41, 5.74) is -0.544. The van der Waals surface area contributed by atoms with E-state index in [-0.39, 0.29) is 52.7 Å². The topological polar surface area (TPSA) is 77.5 Å². The van der Waals surface area contributed by atoms with E-state index in [4.69, 9.17) is 4.74 Å². The van der Waals surface area contributed by atoms with Gasteiger partial charge >= 0.3 is 5.97 Å². The lowest BCUT2D eigenvalue weighted by molar-refractivity contribution is -0.166. The summed E-state index contributed by atoms with van der Waals surface area (Å²) in [4.78, 5) is 50.7. The van der Waals surface area contributed by atoms with Gasteiger partial charge in [0.25, 0.3) is 0 Å². The minimum Gasteiger partial charge on any atom is -0.469 e. The van der Waals surface area contributed by atoms with Crippen LogP contribution in [0.2, 0.25) is 0 Å². The molecular weight excluding hydrogens is 380 g/mol. The maximum Gasteiger partial charge on any atom is 0.305 e. The molecule has 0 aromatic heterocycles. The molecule has 2 unspecified atom stereocenters. The normalized spacial score (nSPS) is 44.1. The van der Waals surface area contributed by atoms with Crippen molar-refractivity contribution in [3.8, 4) is 0 Å². The van der Waals surface area contributed by atoms with Gasteiger partial charge in [-0.15, -0.1) is 0 Å². The van der Waals surface area contributed by atoms with Crippen molar-refractivity contribution in [2.45, 2.75) is 78.6 Å². The molecule has 0 saturated heterocycles. The van der Waals surface area contributed by atoms with E-state index < -0.39 is 5.41 Å². The number of carbonyl (C=O) groups excluding carboxylic acids is 4. The Bertz CT molecular complexity index is 772. The first-order valence-electron chi connectivity index (χ1n) is 11.8. The molecule has 5 heteroatoms. The Morgan fingerprint density at radius 3 is 2.53 bits per heavy atom. The van der Waals surface area contributed by atoms with Crippen LogP contribution in [0.1, 0.15) is 78.6 Å². The van der Waals surface area contributed by atoms with Crippen LogP contribution in [-0.4, -0.2) is 30.4 Å². The van der Waals surface area contributed by atoms with E-state index in [2.05, 4.69) is 20.8 Å². The summed E-state index contributed by atoms with van der Waals surface area (Å²) in [6.07, 6.45) is 5.87. The lowest BCUT2D eigenvalue weighted by Gasteiger charge is -2.58. The number of carbonyl (C=O) groups is 4. The van der Waals surface area contributed by atoms with Crippen LogP contribution in [0.5, 0.6) is 0 Å². The summed E-state index contributed by atoms with van der Waals surface area (Å²) < 4.78 is 4.80. The summed E-state index contributed by atoms with van der Waals surface area (Å²) in [7, 11) is 1.41. The van der Waals surface area contributed by atoms with Crippen LogP contribution in [0.25, 0.3) is 0 Å². The highest BCUT2D eigenvalue weighted by molar-refractivity contribution is 5.93. The van der Waals surface area contributed by atoms with E-state index in [1.807, 2.05) is 0 Å². The lowest BCUT2D eigenvalue weighted by atomic mass is 9.44. The van der Waals surface area contributed by atoms with Crippen LogP contribution in [0, 0.1) is 46.3 Å². The fourth-order valence-corrected chi connectivity index (χ4v) is 8.04. The Kier molecular flexibility index (Phi) is 5.47. The number of hydrogen-bond donors (Lipinski definition) is 0. The van der Waals surface area contributed by atoms with Crippen molar-refractivity contribution in [3.05, 3.63) is 0 Å². The lowest BCUT2D eigenvalue weighted by Crippen LogP contribution is -2.60. The second kappa shape index (κ2) is 7.56. The molecule has 4 fully saturated rings. The van der Waals surface area contributed by atoms with Gasteiger partial charge in [0.2, 0.25) is 0 Å². The maximum absolute atomic E-state index is 13.7. The molecule has 4 saturated carbocycles. The number of Topliss-reactive ketones (excluding diaryl/α,β-unsaturated/α-hetero) is 3. The molecule has 8 atom stereocenters. The number of fused-ring (bicyclic) bond motifs is 5. The van der Waals surface area contributed by atoms with Crippen LogP contribution in [-0.2, 0) is 23.9 Å². The second-order valence-electron chi connectivity index (χ2n) is 11.0. The number of hydrogen-bond acceptors (Lipinski definition) is 5. The summed E-state index contributed by atoms with van der Waals surface area (Å²) in [5.74, 6) is 1.41. The highest BCUT2D eigenvalue weighted by atomic mass is 16.5. The van der Waals surface area contributed by atoms with Crippen molar-refractivity contribution >= 4 is 23.3 Å². The van der Waals surface area contributed by atoms with Gasteiger partial charge in [0.15, 0.2) is 0 Å². The molecule has 5 nitrogen and oxygen atoms in total. The SMILES string of the molecule is COC(=O)CC[C@@H](C)[C@H]1CC[C@H]2C3C(=O)CC4CC(=O)CC[C@]4(C)[C@H]3CC(=O)[C@]12C. The third kappa shape index (κ3) is 3.10. The van der Waals surface area contributed by atoms with Crippen molar-refractivity contribution in [1.29, 1.82) is 0 Å². The molecule has 0 radical (unpaired) electrons. The van der Waals surface area contributed by atoms with Gasteiger partial charge < -0.3 is 4.74 Å². The van der Waals surface area contributed by atoms with E-state index in [1.54, 1.807) is 0 Å². The minimum atomic E-state index is -0.472. The van der Waals surface area contributed by atoms with Gasteiger partial charge in [-0.2, -0.15) is 0 Å². The predicted molar refractivity (Wildman–Crippen MR) is 111 cm³/mol. The molecule has 0 amide bonds. The molecule has 30 heavy (non-hydrogen) atoms. The Labute approximate surface area is 179 Å². The molecule has 0 aromatic rings. The molecule has 0 spiro atoms. The average molecular weight is 417 g/mol.